The molecule has 0 radical (unpaired) electrons. The van der Waals surface area contributed by atoms with E-state index in [0.717, 1.165) is 0 Å². The Hall–Kier alpha value is -0.980. The van der Waals surface area contributed by atoms with E-state index in [1.807, 2.05) is 0 Å². The molecule has 2 N–H and O–H groups in total. The van der Waals surface area contributed by atoms with Gasteiger partial charge in [-0.05, 0) is 6.92 Å². The van der Waals surface area contributed by atoms with Crippen LogP contribution in [0.5, 0.6) is 5.75 Å². The maximum Gasteiger partial charge on any atom is 0.223 e. The van der Waals surface area contributed by atoms with Gasteiger partial charge >= 0.3 is 0 Å². The highest BCUT2D eigenvalue weighted by atomic mass is 32.2. The molecule has 88 valence electrons. The van der Waals surface area contributed by atoms with E-state index < -0.39 is 5.43 Å². The second-order valence-electron chi connectivity index (χ2n) is 3.56. The van der Waals surface area contributed by atoms with E-state index in [-0.39, 0.29) is 24.0 Å². The first-order chi connectivity index (χ1) is 7.63. The lowest BCUT2D eigenvalue weighted by molar-refractivity contribution is -0.00539. The van der Waals surface area contributed by atoms with E-state index in [4.69, 9.17) is 9.84 Å². The van der Waals surface area contributed by atoms with Crippen molar-refractivity contribution in [1.29, 1.82) is 0 Å². The number of hydrogen-bond donors (Lipinski definition) is 2. The molecule has 1 aliphatic heterocycles. The number of rotatable bonds is 2. The van der Waals surface area contributed by atoms with Gasteiger partial charge in [0, 0.05) is 18.0 Å². The molecule has 0 saturated carbocycles. The number of pyridine rings is 1. The predicted octanol–water partition coefficient (Wildman–Crippen LogP) is 0.443. The van der Waals surface area contributed by atoms with Crippen LogP contribution in [0.3, 0.4) is 0 Å². The summed E-state index contributed by atoms with van der Waals surface area (Å²) in [6.07, 6.45) is 1.36. The Bertz CT molecular complexity index is 445. The molecule has 6 heteroatoms. The van der Waals surface area contributed by atoms with E-state index in [9.17, 15) is 9.90 Å². The van der Waals surface area contributed by atoms with Gasteiger partial charge in [-0.3, -0.25) is 4.79 Å². The van der Waals surface area contributed by atoms with Crippen molar-refractivity contribution >= 4 is 11.8 Å². The number of aliphatic hydroxyl groups excluding tert-OH is 1. The van der Waals surface area contributed by atoms with Crippen LogP contribution in [0.15, 0.2) is 17.1 Å². The van der Waals surface area contributed by atoms with Gasteiger partial charge in [0.25, 0.3) is 0 Å². The number of thioether (sulfide) groups is 1. The topological polar surface area (TPSA) is 71.7 Å². The van der Waals surface area contributed by atoms with Crippen LogP contribution < -0.4 is 5.43 Å². The van der Waals surface area contributed by atoms with Crippen molar-refractivity contribution in [3.05, 3.63) is 28.2 Å². The first-order valence-corrected chi connectivity index (χ1v) is 5.97. The smallest absolute Gasteiger partial charge is 0.223 e. The normalized spacial score (nSPS) is 24.9. The standard InChI is InChI=1S/C10H13NO4S/c1-6-10(14)7(13)2-3-11(6)8-5-16-9(4-12)15-8/h2-3,8-9,12,14H,4-5H2,1H3/t8-,9+/m0/s1. The maximum absolute atomic E-state index is 11.2. The lowest BCUT2D eigenvalue weighted by Crippen LogP contribution is -2.18. The Labute approximate surface area is 96.7 Å². The van der Waals surface area contributed by atoms with E-state index >= 15 is 0 Å². The molecule has 16 heavy (non-hydrogen) atoms. The van der Waals surface area contributed by atoms with Gasteiger partial charge < -0.3 is 19.5 Å². The average Bonchev–Trinajstić information content (AvgIpc) is 2.74. The summed E-state index contributed by atoms with van der Waals surface area (Å²) in [4.78, 5) is 11.2. The Morgan fingerprint density at radius 2 is 2.44 bits per heavy atom. The van der Waals surface area contributed by atoms with Gasteiger partial charge in [0.1, 0.15) is 11.7 Å². The van der Waals surface area contributed by atoms with Crippen molar-refractivity contribution in [1.82, 2.24) is 4.57 Å². The van der Waals surface area contributed by atoms with Crippen LogP contribution >= 0.6 is 11.8 Å². The van der Waals surface area contributed by atoms with Crippen LogP contribution in [0.4, 0.5) is 0 Å². The first kappa shape index (κ1) is 11.5. The third-order valence-electron chi connectivity index (χ3n) is 2.54. The fourth-order valence-electron chi connectivity index (χ4n) is 1.64. The summed E-state index contributed by atoms with van der Waals surface area (Å²) >= 11 is 1.51. The van der Waals surface area contributed by atoms with Crippen LogP contribution in [0, 0.1) is 6.92 Å². The second kappa shape index (κ2) is 4.48. The van der Waals surface area contributed by atoms with E-state index in [2.05, 4.69) is 0 Å². The molecule has 0 unspecified atom stereocenters. The third-order valence-corrected chi connectivity index (χ3v) is 3.65. The highest BCUT2D eigenvalue weighted by Crippen LogP contribution is 2.32. The summed E-state index contributed by atoms with van der Waals surface area (Å²) in [6.45, 7) is 1.63. The van der Waals surface area contributed by atoms with Crippen LogP contribution in [0.1, 0.15) is 11.9 Å². The zero-order chi connectivity index (χ0) is 11.7. The Morgan fingerprint density at radius 1 is 1.69 bits per heavy atom. The zero-order valence-electron chi connectivity index (χ0n) is 8.79. The molecule has 2 atom stereocenters. The molecule has 0 amide bonds. The fourth-order valence-corrected chi connectivity index (χ4v) is 2.57. The lowest BCUT2D eigenvalue weighted by Gasteiger charge is -2.18. The molecule has 1 aromatic rings. The van der Waals surface area contributed by atoms with Gasteiger partial charge in [0.2, 0.25) is 5.43 Å². The van der Waals surface area contributed by atoms with Gasteiger partial charge in [-0.1, -0.05) is 0 Å². The SMILES string of the molecule is Cc1c(O)c(=O)ccn1[C@@H]1CS[C@H](CO)O1. The molecule has 1 fully saturated rings. The van der Waals surface area contributed by atoms with Crippen molar-refractivity contribution in [2.45, 2.75) is 18.6 Å². The molecule has 2 heterocycles. The molecule has 0 spiro atoms. The van der Waals surface area contributed by atoms with Gasteiger partial charge in [0.15, 0.2) is 5.75 Å². The summed E-state index contributed by atoms with van der Waals surface area (Å²) in [5, 5.41) is 18.5. The molecule has 0 aromatic carbocycles. The van der Waals surface area contributed by atoms with E-state index in [1.54, 1.807) is 17.7 Å². The fraction of sp³-hybridized carbons (Fsp3) is 0.500. The molecular weight excluding hydrogens is 230 g/mol. The van der Waals surface area contributed by atoms with Crippen molar-refractivity contribution < 1.29 is 14.9 Å². The van der Waals surface area contributed by atoms with Crippen LogP contribution in [-0.4, -0.2) is 32.6 Å². The number of hydrogen-bond acceptors (Lipinski definition) is 5. The number of nitrogens with zero attached hydrogens (tertiary/aromatic N) is 1. The maximum atomic E-state index is 11.2. The van der Waals surface area contributed by atoms with Crippen LogP contribution in [0.2, 0.25) is 0 Å². The summed E-state index contributed by atoms with van der Waals surface area (Å²) in [6, 6.07) is 1.31. The van der Waals surface area contributed by atoms with Gasteiger partial charge in [-0.2, -0.15) is 0 Å². The first-order valence-electron chi connectivity index (χ1n) is 4.92. The highest BCUT2D eigenvalue weighted by molar-refractivity contribution is 8.00. The Balaban J connectivity index is 2.29. The quantitative estimate of drug-likeness (QED) is 0.788. The highest BCUT2D eigenvalue weighted by Gasteiger charge is 2.27. The Kier molecular flexibility index (Phi) is 3.22. The minimum atomic E-state index is -0.391. The molecule has 2 rings (SSSR count). The van der Waals surface area contributed by atoms with Gasteiger partial charge in [0.05, 0.1) is 12.3 Å². The van der Waals surface area contributed by atoms with Gasteiger partial charge in [-0.25, -0.2) is 0 Å². The predicted molar refractivity (Wildman–Crippen MR) is 60.6 cm³/mol. The van der Waals surface area contributed by atoms with E-state index in [0.29, 0.717) is 11.4 Å². The minimum Gasteiger partial charge on any atom is -0.503 e. The third kappa shape index (κ3) is 1.95. The molecule has 1 saturated heterocycles. The van der Waals surface area contributed by atoms with Crippen LogP contribution in [0.25, 0.3) is 0 Å². The molecular formula is C10H13NO4S. The molecule has 5 nitrogen and oxygen atoms in total. The monoisotopic (exact) mass is 243 g/mol. The average molecular weight is 243 g/mol. The zero-order valence-corrected chi connectivity index (χ0v) is 9.61. The summed E-state index contributed by atoms with van der Waals surface area (Å²) in [5.41, 5.74) is -0.138. The van der Waals surface area contributed by atoms with Crippen molar-refractivity contribution in [2.75, 3.05) is 12.4 Å². The summed E-state index contributed by atoms with van der Waals surface area (Å²) in [5.74, 6) is 0.442. The minimum absolute atomic E-state index is 0.0353. The molecule has 0 bridgehead atoms. The van der Waals surface area contributed by atoms with Crippen molar-refractivity contribution in [3.8, 4) is 5.75 Å². The number of aliphatic hydroxyl groups is 1. The second-order valence-corrected chi connectivity index (χ2v) is 4.75. The summed E-state index contributed by atoms with van der Waals surface area (Å²) < 4.78 is 7.24. The van der Waals surface area contributed by atoms with Crippen LogP contribution in [-0.2, 0) is 4.74 Å². The van der Waals surface area contributed by atoms with Crippen molar-refractivity contribution in [3.63, 3.8) is 0 Å². The number of ether oxygens (including phenoxy) is 1. The molecule has 1 aromatic heterocycles. The van der Waals surface area contributed by atoms with Crippen molar-refractivity contribution in [2.24, 2.45) is 0 Å². The Morgan fingerprint density at radius 3 is 3.06 bits per heavy atom. The molecule has 0 aliphatic carbocycles. The largest absolute Gasteiger partial charge is 0.503 e. The van der Waals surface area contributed by atoms with Gasteiger partial charge in [-0.15, -0.1) is 11.8 Å². The number of aromatic nitrogens is 1. The van der Waals surface area contributed by atoms with E-state index in [1.165, 1.54) is 17.8 Å². The molecule has 1 aliphatic rings. The summed E-state index contributed by atoms with van der Waals surface area (Å²) in [7, 11) is 0. The lowest BCUT2D eigenvalue weighted by atomic mass is 10.3. The number of aromatic hydroxyl groups is 1.